The number of alkyl halides is 3. The molecule has 5 heteroatoms. The Labute approximate surface area is 124 Å². The molecular weight excluding hydrogens is 279 g/mol. The SMILES string of the molecule is CC(C)(C)NCCc1ccc(COCCC(F)(F)F)cc1. The highest BCUT2D eigenvalue weighted by Crippen LogP contribution is 2.19. The highest BCUT2D eigenvalue weighted by Gasteiger charge is 2.26. The third-order valence-corrected chi connectivity index (χ3v) is 2.89. The maximum absolute atomic E-state index is 12.0. The Bertz CT molecular complexity index is 407. The molecule has 0 aliphatic heterocycles. The quantitative estimate of drug-likeness (QED) is 0.766. The predicted molar refractivity (Wildman–Crippen MR) is 78.2 cm³/mol. The van der Waals surface area contributed by atoms with Crippen LogP contribution in [0.2, 0.25) is 0 Å². The van der Waals surface area contributed by atoms with Gasteiger partial charge in [-0.05, 0) is 44.9 Å². The van der Waals surface area contributed by atoms with E-state index in [1.807, 2.05) is 24.3 Å². The van der Waals surface area contributed by atoms with Gasteiger partial charge in [-0.2, -0.15) is 13.2 Å². The summed E-state index contributed by atoms with van der Waals surface area (Å²) < 4.78 is 40.9. The highest BCUT2D eigenvalue weighted by molar-refractivity contribution is 5.22. The molecule has 0 aromatic heterocycles. The minimum absolute atomic E-state index is 0.103. The number of hydrogen-bond acceptors (Lipinski definition) is 2. The molecule has 0 aliphatic carbocycles. The molecule has 0 unspecified atom stereocenters. The van der Waals surface area contributed by atoms with Crippen molar-refractivity contribution in [3.8, 4) is 0 Å². The molecule has 0 atom stereocenters. The van der Waals surface area contributed by atoms with Gasteiger partial charge in [0.25, 0.3) is 0 Å². The topological polar surface area (TPSA) is 21.3 Å². The molecule has 0 heterocycles. The van der Waals surface area contributed by atoms with E-state index in [4.69, 9.17) is 4.74 Å². The van der Waals surface area contributed by atoms with Crippen LogP contribution in [0.3, 0.4) is 0 Å². The normalized spacial score (nSPS) is 12.7. The lowest BCUT2D eigenvalue weighted by Gasteiger charge is -2.20. The number of rotatable bonds is 7. The summed E-state index contributed by atoms with van der Waals surface area (Å²) in [5.41, 5.74) is 2.20. The van der Waals surface area contributed by atoms with Gasteiger partial charge in [-0.25, -0.2) is 0 Å². The van der Waals surface area contributed by atoms with E-state index in [0.717, 1.165) is 18.5 Å². The van der Waals surface area contributed by atoms with Gasteiger partial charge >= 0.3 is 6.18 Å². The molecule has 1 aromatic rings. The lowest BCUT2D eigenvalue weighted by molar-refractivity contribution is -0.146. The fraction of sp³-hybridized carbons (Fsp3) is 0.625. The first-order valence-corrected chi connectivity index (χ1v) is 7.13. The summed E-state index contributed by atoms with van der Waals surface area (Å²) in [4.78, 5) is 0. The van der Waals surface area contributed by atoms with E-state index < -0.39 is 12.6 Å². The summed E-state index contributed by atoms with van der Waals surface area (Å²) in [5, 5.41) is 3.41. The predicted octanol–water partition coefficient (Wildman–Crippen LogP) is 4.09. The fourth-order valence-corrected chi connectivity index (χ4v) is 1.76. The van der Waals surface area contributed by atoms with Gasteiger partial charge in [-0.3, -0.25) is 0 Å². The standard InChI is InChI=1S/C16H24F3NO/c1-15(2,3)20-10-8-13-4-6-14(7-5-13)12-21-11-9-16(17,18)19/h4-7,20H,8-12H2,1-3H3. The molecule has 0 aliphatic rings. The molecule has 0 amide bonds. The summed E-state index contributed by atoms with van der Waals surface area (Å²) in [6.07, 6.45) is -4.13. The smallest absolute Gasteiger partial charge is 0.376 e. The number of hydrogen-bond donors (Lipinski definition) is 1. The van der Waals surface area contributed by atoms with Crippen molar-refractivity contribution >= 4 is 0 Å². The first kappa shape index (κ1) is 18.0. The zero-order chi connectivity index (χ0) is 15.9. The Kier molecular flexibility index (Phi) is 6.68. The molecule has 120 valence electrons. The Morgan fingerprint density at radius 1 is 1.00 bits per heavy atom. The maximum Gasteiger partial charge on any atom is 0.391 e. The van der Waals surface area contributed by atoms with E-state index in [-0.39, 0.29) is 18.8 Å². The summed E-state index contributed by atoms with van der Waals surface area (Å²) in [6, 6.07) is 7.79. The van der Waals surface area contributed by atoms with Crippen LogP contribution < -0.4 is 5.32 Å². The summed E-state index contributed by atoms with van der Waals surface area (Å²) in [7, 11) is 0. The number of nitrogens with one attached hydrogen (secondary N) is 1. The monoisotopic (exact) mass is 303 g/mol. The van der Waals surface area contributed by atoms with Crippen molar-refractivity contribution < 1.29 is 17.9 Å². The second-order valence-corrected chi connectivity index (χ2v) is 6.16. The van der Waals surface area contributed by atoms with Crippen molar-refractivity contribution in [2.24, 2.45) is 0 Å². The van der Waals surface area contributed by atoms with Gasteiger partial charge in [0, 0.05) is 5.54 Å². The minimum atomic E-state index is -4.15. The largest absolute Gasteiger partial charge is 0.391 e. The number of halogens is 3. The molecule has 21 heavy (non-hydrogen) atoms. The Balaban J connectivity index is 2.27. The zero-order valence-electron chi connectivity index (χ0n) is 12.9. The number of benzene rings is 1. The number of ether oxygens (including phenoxy) is 1. The van der Waals surface area contributed by atoms with Gasteiger partial charge in [-0.1, -0.05) is 24.3 Å². The molecule has 0 radical (unpaired) electrons. The van der Waals surface area contributed by atoms with E-state index in [1.54, 1.807) is 0 Å². The average molecular weight is 303 g/mol. The molecular formula is C16H24F3NO. The van der Waals surface area contributed by atoms with Gasteiger partial charge < -0.3 is 10.1 Å². The average Bonchev–Trinajstić information content (AvgIpc) is 2.34. The maximum atomic E-state index is 12.0. The second kappa shape index (κ2) is 7.80. The molecule has 1 rings (SSSR count). The fourth-order valence-electron chi connectivity index (χ4n) is 1.76. The van der Waals surface area contributed by atoms with Crippen LogP contribution in [0.15, 0.2) is 24.3 Å². The lowest BCUT2D eigenvalue weighted by atomic mass is 10.1. The van der Waals surface area contributed by atoms with Crippen molar-refractivity contribution in [1.82, 2.24) is 5.32 Å². The third-order valence-electron chi connectivity index (χ3n) is 2.89. The van der Waals surface area contributed by atoms with Gasteiger partial charge in [0.05, 0.1) is 19.6 Å². The summed E-state index contributed by atoms with van der Waals surface area (Å²) in [6.45, 7) is 7.18. The molecule has 2 nitrogen and oxygen atoms in total. The molecule has 0 saturated heterocycles. The van der Waals surface area contributed by atoms with Gasteiger partial charge in [0.1, 0.15) is 0 Å². The van der Waals surface area contributed by atoms with Crippen molar-refractivity contribution in [3.05, 3.63) is 35.4 Å². The van der Waals surface area contributed by atoms with Crippen LogP contribution in [0.25, 0.3) is 0 Å². The van der Waals surface area contributed by atoms with Crippen LogP contribution >= 0.6 is 0 Å². The van der Waals surface area contributed by atoms with E-state index >= 15 is 0 Å². The van der Waals surface area contributed by atoms with E-state index in [0.29, 0.717) is 0 Å². The summed E-state index contributed by atoms with van der Waals surface area (Å²) in [5.74, 6) is 0. The van der Waals surface area contributed by atoms with E-state index in [2.05, 4.69) is 26.1 Å². The molecule has 1 aromatic carbocycles. The molecule has 0 fully saturated rings. The molecule has 0 saturated carbocycles. The van der Waals surface area contributed by atoms with Crippen LogP contribution in [0, 0.1) is 0 Å². The zero-order valence-corrected chi connectivity index (χ0v) is 12.9. The van der Waals surface area contributed by atoms with Crippen LogP contribution in [-0.2, 0) is 17.8 Å². The Morgan fingerprint density at radius 3 is 2.10 bits per heavy atom. The van der Waals surface area contributed by atoms with Crippen LogP contribution in [0.4, 0.5) is 13.2 Å². The van der Waals surface area contributed by atoms with E-state index in [1.165, 1.54) is 5.56 Å². The Morgan fingerprint density at radius 2 is 1.57 bits per heavy atom. The van der Waals surface area contributed by atoms with Crippen molar-refractivity contribution in [2.75, 3.05) is 13.2 Å². The van der Waals surface area contributed by atoms with Crippen molar-refractivity contribution in [2.45, 2.75) is 51.9 Å². The molecule has 1 N–H and O–H groups in total. The van der Waals surface area contributed by atoms with Crippen LogP contribution in [-0.4, -0.2) is 24.9 Å². The van der Waals surface area contributed by atoms with Crippen LogP contribution in [0.5, 0.6) is 0 Å². The Hall–Kier alpha value is -1.07. The first-order valence-electron chi connectivity index (χ1n) is 7.13. The first-order chi connectivity index (χ1) is 9.66. The second-order valence-electron chi connectivity index (χ2n) is 6.16. The highest BCUT2D eigenvalue weighted by atomic mass is 19.4. The van der Waals surface area contributed by atoms with Crippen LogP contribution in [0.1, 0.15) is 38.3 Å². The lowest BCUT2D eigenvalue weighted by Crippen LogP contribution is -2.37. The van der Waals surface area contributed by atoms with Crippen molar-refractivity contribution in [3.63, 3.8) is 0 Å². The molecule has 0 bridgehead atoms. The van der Waals surface area contributed by atoms with Gasteiger partial charge in [0.15, 0.2) is 0 Å². The van der Waals surface area contributed by atoms with E-state index in [9.17, 15) is 13.2 Å². The summed E-state index contributed by atoms with van der Waals surface area (Å²) >= 11 is 0. The third kappa shape index (κ3) is 9.47. The molecule has 0 spiro atoms. The minimum Gasteiger partial charge on any atom is -0.376 e. The van der Waals surface area contributed by atoms with Crippen molar-refractivity contribution in [1.29, 1.82) is 0 Å². The van der Waals surface area contributed by atoms with Gasteiger partial charge in [-0.15, -0.1) is 0 Å². The van der Waals surface area contributed by atoms with Gasteiger partial charge in [0.2, 0.25) is 0 Å².